The molecule has 90 valence electrons. The third kappa shape index (κ3) is 2.09. The fraction of sp³-hybridized carbons (Fsp3) is 0.182. The van der Waals surface area contributed by atoms with E-state index in [0.29, 0.717) is 10.2 Å². The number of alkyl halides is 2. The monoisotopic (exact) mass is 304 g/mol. The highest BCUT2D eigenvalue weighted by Gasteiger charge is 2.16. The topological polar surface area (TPSA) is 24.9 Å². The molecule has 1 heterocycles. The number of hydrogen-bond donors (Lipinski definition) is 1. The summed E-state index contributed by atoms with van der Waals surface area (Å²) in [6, 6.07) is 3.86. The molecule has 0 aliphatic rings. The van der Waals surface area contributed by atoms with Crippen LogP contribution in [-0.4, -0.2) is 12.0 Å². The molecule has 0 aliphatic heterocycles. The highest BCUT2D eigenvalue weighted by Crippen LogP contribution is 2.33. The molecular formula is C11H8BrF3N2. The number of pyridine rings is 1. The van der Waals surface area contributed by atoms with Gasteiger partial charge in [0.2, 0.25) is 0 Å². The molecule has 0 radical (unpaired) electrons. The van der Waals surface area contributed by atoms with Crippen LogP contribution < -0.4 is 5.32 Å². The lowest BCUT2D eigenvalue weighted by atomic mass is 10.1. The third-order valence-corrected chi connectivity index (χ3v) is 3.01. The summed E-state index contributed by atoms with van der Waals surface area (Å²) in [4.78, 5) is 3.77. The van der Waals surface area contributed by atoms with Gasteiger partial charge in [0, 0.05) is 17.2 Å². The summed E-state index contributed by atoms with van der Waals surface area (Å²) in [6.07, 6.45) is -2.69. The molecule has 1 aromatic heterocycles. The number of nitrogens with zero attached hydrogens (tertiary/aromatic N) is 1. The molecule has 0 amide bonds. The molecule has 0 aliphatic carbocycles. The fourth-order valence-corrected chi connectivity index (χ4v) is 2.02. The van der Waals surface area contributed by atoms with Crippen molar-refractivity contribution >= 4 is 32.5 Å². The molecule has 2 nitrogen and oxygen atoms in total. The third-order valence-electron chi connectivity index (χ3n) is 2.37. The molecule has 0 atom stereocenters. The van der Waals surface area contributed by atoms with Crippen molar-refractivity contribution in [3.8, 4) is 0 Å². The minimum absolute atomic E-state index is 0.187. The molecule has 17 heavy (non-hydrogen) atoms. The summed E-state index contributed by atoms with van der Waals surface area (Å²) >= 11 is 3.18. The summed E-state index contributed by atoms with van der Waals surface area (Å²) in [5.74, 6) is -0.499. The van der Waals surface area contributed by atoms with Crippen LogP contribution in [-0.2, 0) is 0 Å². The first-order valence-electron chi connectivity index (χ1n) is 4.79. The van der Waals surface area contributed by atoms with Gasteiger partial charge in [-0.3, -0.25) is 0 Å². The number of fused-ring (bicyclic) bond motifs is 1. The molecule has 6 heteroatoms. The van der Waals surface area contributed by atoms with E-state index >= 15 is 0 Å². The second kappa shape index (κ2) is 4.52. The highest BCUT2D eigenvalue weighted by atomic mass is 79.9. The average Bonchev–Trinajstić information content (AvgIpc) is 2.32. The Labute approximate surface area is 104 Å². The Morgan fingerprint density at radius 3 is 2.65 bits per heavy atom. The lowest BCUT2D eigenvalue weighted by Gasteiger charge is -2.10. The number of benzene rings is 1. The first-order chi connectivity index (χ1) is 8.04. The molecular weight excluding hydrogens is 297 g/mol. The molecule has 0 bridgehead atoms. The normalized spacial score (nSPS) is 11.2. The van der Waals surface area contributed by atoms with Crippen LogP contribution in [0.15, 0.2) is 22.7 Å². The van der Waals surface area contributed by atoms with Crippen LogP contribution in [0.1, 0.15) is 12.1 Å². The zero-order chi connectivity index (χ0) is 12.6. The van der Waals surface area contributed by atoms with E-state index in [-0.39, 0.29) is 16.6 Å². The first kappa shape index (κ1) is 12.2. The Balaban J connectivity index is 2.87. The Morgan fingerprint density at radius 1 is 1.35 bits per heavy atom. The lowest BCUT2D eigenvalue weighted by Crippen LogP contribution is -1.99. The number of nitrogens with one attached hydrogen (secondary N) is 1. The van der Waals surface area contributed by atoms with Crippen molar-refractivity contribution in [2.75, 3.05) is 12.4 Å². The maximum Gasteiger partial charge on any atom is 0.280 e. The van der Waals surface area contributed by atoms with Crippen LogP contribution in [0.25, 0.3) is 10.9 Å². The largest absolute Gasteiger partial charge is 0.387 e. The molecule has 0 saturated carbocycles. The summed E-state index contributed by atoms with van der Waals surface area (Å²) in [7, 11) is 1.55. The summed E-state index contributed by atoms with van der Waals surface area (Å²) in [5, 5.41) is 2.90. The number of anilines is 1. The van der Waals surface area contributed by atoms with E-state index in [2.05, 4.69) is 26.2 Å². The van der Waals surface area contributed by atoms with Gasteiger partial charge in [0.15, 0.2) is 0 Å². The van der Waals surface area contributed by atoms with Crippen molar-refractivity contribution in [3.63, 3.8) is 0 Å². The maximum atomic E-state index is 13.7. The Kier molecular flexibility index (Phi) is 3.24. The van der Waals surface area contributed by atoms with Gasteiger partial charge in [0.25, 0.3) is 6.43 Å². The lowest BCUT2D eigenvalue weighted by molar-refractivity contribution is 0.146. The number of rotatable bonds is 2. The smallest absolute Gasteiger partial charge is 0.280 e. The van der Waals surface area contributed by atoms with E-state index in [1.54, 1.807) is 7.05 Å². The SMILES string of the molecule is CNc1cc(C(F)F)nc2c(Br)ccc(F)c12. The highest BCUT2D eigenvalue weighted by molar-refractivity contribution is 9.10. The van der Waals surface area contributed by atoms with Gasteiger partial charge in [0.1, 0.15) is 11.5 Å². The molecule has 0 saturated heterocycles. The van der Waals surface area contributed by atoms with E-state index < -0.39 is 12.2 Å². The Hall–Kier alpha value is -1.30. The number of hydrogen-bond acceptors (Lipinski definition) is 2. The summed E-state index contributed by atoms with van der Waals surface area (Å²) < 4.78 is 39.4. The van der Waals surface area contributed by atoms with Crippen LogP contribution in [0.3, 0.4) is 0 Å². The Bertz CT molecular complexity index is 572. The number of aromatic nitrogens is 1. The Morgan fingerprint density at radius 2 is 2.06 bits per heavy atom. The second-order valence-electron chi connectivity index (χ2n) is 3.40. The average molecular weight is 305 g/mol. The maximum absolute atomic E-state index is 13.7. The van der Waals surface area contributed by atoms with Gasteiger partial charge >= 0.3 is 0 Å². The van der Waals surface area contributed by atoms with Gasteiger partial charge in [-0.2, -0.15) is 0 Å². The standard InChI is InChI=1S/C11H8BrF3N2/c1-16-7-4-8(11(14)15)17-10-5(12)2-3-6(13)9(7)10/h2-4,11H,1H3,(H,16,17). The van der Waals surface area contributed by atoms with E-state index in [1.165, 1.54) is 12.1 Å². The summed E-state index contributed by atoms with van der Waals surface area (Å²) in [6.45, 7) is 0. The predicted molar refractivity (Wildman–Crippen MR) is 63.9 cm³/mol. The van der Waals surface area contributed by atoms with E-state index in [4.69, 9.17) is 0 Å². The van der Waals surface area contributed by atoms with Crippen molar-refractivity contribution in [3.05, 3.63) is 34.2 Å². The quantitative estimate of drug-likeness (QED) is 0.903. The van der Waals surface area contributed by atoms with E-state index in [9.17, 15) is 13.2 Å². The van der Waals surface area contributed by atoms with Crippen LogP contribution in [0.5, 0.6) is 0 Å². The minimum atomic E-state index is -2.69. The molecule has 0 spiro atoms. The van der Waals surface area contributed by atoms with Crippen molar-refractivity contribution in [1.29, 1.82) is 0 Å². The summed E-state index contributed by atoms with van der Waals surface area (Å²) in [5.41, 5.74) is 0.101. The minimum Gasteiger partial charge on any atom is -0.387 e. The molecule has 2 aromatic rings. The molecule has 0 fully saturated rings. The molecule has 2 rings (SSSR count). The number of halogens is 4. The van der Waals surface area contributed by atoms with Gasteiger partial charge in [-0.1, -0.05) is 0 Å². The van der Waals surface area contributed by atoms with Gasteiger partial charge in [-0.25, -0.2) is 18.2 Å². The van der Waals surface area contributed by atoms with Gasteiger partial charge in [0.05, 0.1) is 10.9 Å². The molecule has 1 N–H and O–H groups in total. The second-order valence-corrected chi connectivity index (χ2v) is 4.25. The molecule has 1 aromatic carbocycles. The van der Waals surface area contributed by atoms with Gasteiger partial charge in [-0.05, 0) is 34.1 Å². The van der Waals surface area contributed by atoms with Gasteiger partial charge in [-0.15, -0.1) is 0 Å². The van der Waals surface area contributed by atoms with Crippen LogP contribution >= 0.6 is 15.9 Å². The van der Waals surface area contributed by atoms with Crippen LogP contribution in [0.4, 0.5) is 18.9 Å². The van der Waals surface area contributed by atoms with E-state index in [1.807, 2.05) is 0 Å². The van der Waals surface area contributed by atoms with Crippen molar-refractivity contribution in [2.45, 2.75) is 6.43 Å². The fourth-order valence-electron chi connectivity index (χ4n) is 1.60. The van der Waals surface area contributed by atoms with Crippen molar-refractivity contribution < 1.29 is 13.2 Å². The molecule has 0 unspecified atom stereocenters. The zero-order valence-electron chi connectivity index (χ0n) is 8.77. The first-order valence-corrected chi connectivity index (χ1v) is 5.58. The van der Waals surface area contributed by atoms with Crippen LogP contribution in [0, 0.1) is 5.82 Å². The van der Waals surface area contributed by atoms with Crippen molar-refractivity contribution in [2.24, 2.45) is 0 Å². The van der Waals surface area contributed by atoms with Crippen molar-refractivity contribution in [1.82, 2.24) is 4.98 Å². The van der Waals surface area contributed by atoms with Crippen LogP contribution in [0.2, 0.25) is 0 Å². The van der Waals surface area contributed by atoms with Gasteiger partial charge < -0.3 is 5.32 Å². The van der Waals surface area contributed by atoms with E-state index in [0.717, 1.165) is 6.07 Å². The zero-order valence-corrected chi connectivity index (χ0v) is 10.4. The predicted octanol–water partition coefficient (Wildman–Crippen LogP) is 4.12.